The van der Waals surface area contributed by atoms with Crippen LogP contribution in [0, 0.1) is 11.6 Å². The van der Waals surface area contributed by atoms with Crippen LogP contribution >= 0.6 is 15.9 Å². The average molecular weight is 400 g/mol. The topological polar surface area (TPSA) is 64.6 Å². The van der Waals surface area contributed by atoms with Gasteiger partial charge in [0.25, 0.3) is 5.91 Å². The molecule has 0 aromatic heterocycles. The lowest BCUT2D eigenvalue weighted by Gasteiger charge is -2.08. The number of hydrogen-bond acceptors (Lipinski definition) is 4. The van der Waals surface area contributed by atoms with Crippen molar-refractivity contribution in [2.24, 2.45) is 0 Å². The maximum Gasteiger partial charge on any atom is 0.344 e. The number of halogens is 3. The Labute approximate surface area is 144 Å². The highest BCUT2D eigenvalue weighted by molar-refractivity contribution is 9.10. The Bertz CT molecular complexity index is 755. The van der Waals surface area contributed by atoms with Gasteiger partial charge in [-0.1, -0.05) is 22.0 Å². The summed E-state index contributed by atoms with van der Waals surface area (Å²) in [5.74, 6) is -3.07. The van der Waals surface area contributed by atoms with Gasteiger partial charge in [0.1, 0.15) is 5.75 Å². The third-order valence-corrected chi connectivity index (χ3v) is 3.21. The molecule has 0 spiro atoms. The molecule has 2 rings (SSSR count). The van der Waals surface area contributed by atoms with Gasteiger partial charge in [0, 0.05) is 16.2 Å². The number of nitrogens with one attached hydrogen (secondary N) is 1. The van der Waals surface area contributed by atoms with Gasteiger partial charge < -0.3 is 14.8 Å². The summed E-state index contributed by atoms with van der Waals surface area (Å²) in [5, 5.41) is 2.28. The van der Waals surface area contributed by atoms with E-state index in [-0.39, 0.29) is 12.3 Å². The molecule has 24 heavy (non-hydrogen) atoms. The molecule has 1 amide bonds. The summed E-state index contributed by atoms with van der Waals surface area (Å²) in [7, 11) is 0. The van der Waals surface area contributed by atoms with Crippen LogP contribution in [0.5, 0.6) is 5.75 Å². The molecule has 0 aliphatic rings. The van der Waals surface area contributed by atoms with Gasteiger partial charge in [-0.25, -0.2) is 13.6 Å². The molecule has 5 nitrogen and oxygen atoms in total. The first-order valence-corrected chi connectivity index (χ1v) is 7.52. The standard InChI is InChI=1S/C16H12BrF2NO4/c17-10-2-1-3-12(6-10)23-9-16(22)24-8-15(21)20-11-4-5-13(18)14(19)7-11/h1-7H,8-9H2,(H,20,21). The zero-order valence-corrected chi connectivity index (χ0v) is 13.8. The Balaban J connectivity index is 1.74. The number of anilines is 1. The summed E-state index contributed by atoms with van der Waals surface area (Å²) in [6.45, 7) is -0.936. The maximum atomic E-state index is 13.0. The van der Waals surface area contributed by atoms with E-state index in [0.29, 0.717) is 5.75 Å². The molecule has 0 saturated carbocycles. The number of rotatable bonds is 6. The van der Waals surface area contributed by atoms with Crippen LogP contribution in [0.2, 0.25) is 0 Å². The molecule has 8 heteroatoms. The quantitative estimate of drug-likeness (QED) is 0.756. The van der Waals surface area contributed by atoms with Crippen LogP contribution < -0.4 is 10.1 Å². The molecule has 0 fully saturated rings. The molecule has 0 atom stereocenters. The predicted molar refractivity (Wildman–Crippen MR) is 85.6 cm³/mol. The number of amides is 1. The molecule has 0 bridgehead atoms. The van der Waals surface area contributed by atoms with Gasteiger partial charge in [0.15, 0.2) is 24.8 Å². The van der Waals surface area contributed by atoms with Crippen LogP contribution in [0.1, 0.15) is 0 Å². The van der Waals surface area contributed by atoms with E-state index in [4.69, 9.17) is 9.47 Å². The summed E-state index contributed by atoms with van der Waals surface area (Å²) in [4.78, 5) is 23.1. The van der Waals surface area contributed by atoms with E-state index in [2.05, 4.69) is 21.2 Å². The van der Waals surface area contributed by atoms with Gasteiger partial charge >= 0.3 is 5.97 Å². The molecule has 2 aromatic rings. The Hall–Kier alpha value is -2.48. The maximum absolute atomic E-state index is 13.0. The minimum absolute atomic E-state index is 0.0559. The first-order chi connectivity index (χ1) is 11.4. The minimum Gasteiger partial charge on any atom is -0.482 e. The lowest BCUT2D eigenvalue weighted by molar-refractivity contribution is -0.149. The molecule has 0 radical (unpaired) electrons. The Morgan fingerprint density at radius 2 is 1.83 bits per heavy atom. The van der Waals surface area contributed by atoms with E-state index in [9.17, 15) is 18.4 Å². The fraction of sp³-hybridized carbons (Fsp3) is 0.125. The number of carbonyl (C=O) groups excluding carboxylic acids is 2. The molecule has 0 unspecified atom stereocenters. The molecule has 0 aliphatic heterocycles. The Morgan fingerprint density at radius 3 is 2.54 bits per heavy atom. The fourth-order valence-electron chi connectivity index (χ4n) is 1.66. The highest BCUT2D eigenvalue weighted by atomic mass is 79.9. The average Bonchev–Trinajstić information content (AvgIpc) is 2.54. The monoisotopic (exact) mass is 399 g/mol. The molecule has 0 aliphatic carbocycles. The molecular weight excluding hydrogens is 388 g/mol. The highest BCUT2D eigenvalue weighted by Gasteiger charge is 2.10. The van der Waals surface area contributed by atoms with Crippen molar-refractivity contribution in [1.29, 1.82) is 0 Å². The van der Waals surface area contributed by atoms with Crippen molar-refractivity contribution >= 4 is 33.5 Å². The zero-order chi connectivity index (χ0) is 17.5. The van der Waals surface area contributed by atoms with Crippen molar-refractivity contribution in [3.63, 3.8) is 0 Å². The van der Waals surface area contributed by atoms with Crippen molar-refractivity contribution in [2.45, 2.75) is 0 Å². The van der Waals surface area contributed by atoms with E-state index >= 15 is 0 Å². The predicted octanol–water partition coefficient (Wildman–Crippen LogP) is 3.29. The molecule has 0 heterocycles. The van der Waals surface area contributed by atoms with Crippen LogP contribution in [-0.4, -0.2) is 25.1 Å². The van der Waals surface area contributed by atoms with E-state index < -0.39 is 30.1 Å². The van der Waals surface area contributed by atoms with Gasteiger partial charge in [0.2, 0.25) is 0 Å². The van der Waals surface area contributed by atoms with Crippen LogP contribution in [0.15, 0.2) is 46.9 Å². The fourth-order valence-corrected chi connectivity index (χ4v) is 2.04. The van der Waals surface area contributed by atoms with E-state index in [1.165, 1.54) is 6.07 Å². The van der Waals surface area contributed by atoms with Crippen LogP contribution in [0.4, 0.5) is 14.5 Å². The lowest BCUT2D eigenvalue weighted by Crippen LogP contribution is -2.23. The second-order valence-corrected chi connectivity index (χ2v) is 5.50. The smallest absolute Gasteiger partial charge is 0.344 e. The van der Waals surface area contributed by atoms with Crippen molar-refractivity contribution in [1.82, 2.24) is 0 Å². The van der Waals surface area contributed by atoms with Gasteiger partial charge in [-0.05, 0) is 30.3 Å². The molecule has 126 valence electrons. The van der Waals surface area contributed by atoms with E-state index in [1.807, 2.05) is 0 Å². The Kier molecular flexibility index (Phi) is 6.25. The van der Waals surface area contributed by atoms with Gasteiger partial charge in [-0.3, -0.25) is 4.79 Å². The first-order valence-electron chi connectivity index (χ1n) is 6.73. The second-order valence-electron chi connectivity index (χ2n) is 4.58. The highest BCUT2D eigenvalue weighted by Crippen LogP contribution is 2.17. The van der Waals surface area contributed by atoms with Crippen LogP contribution in [-0.2, 0) is 14.3 Å². The van der Waals surface area contributed by atoms with Crippen LogP contribution in [0.3, 0.4) is 0 Å². The summed E-state index contributed by atoms with van der Waals surface area (Å²) in [6, 6.07) is 9.76. The molecular formula is C16H12BrF2NO4. The largest absolute Gasteiger partial charge is 0.482 e. The van der Waals surface area contributed by atoms with Gasteiger partial charge in [0.05, 0.1) is 0 Å². The third kappa shape index (κ3) is 5.62. The summed E-state index contributed by atoms with van der Waals surface area (Å²) >= 11 is 3.26. The SMILES string of the molecule is O=C(COC(=O)COc1cccc(Br)c1)Nc1ccc(F)c(F)c1. The van der Waals surface area contributed by atoms with Gasteiger partial charge in [-0.2, -0.15) is 0 Å². The van der Waals surface area contributed by atoms with Crippen molar-refractivity contribution in [3.05, 3.63) is 58.6 Å². The summed E-state index contributed by atoms with van der Waals surface area (Å²) in [6.07, 6.45) is 0. The van der Waals surface area contributed by atoms with E-state index in [0.717, 1.165) is 16.6 Å². The number of hydrogen-bond donors (Lipinski definition) is 1. The molecule has 2 aromatic carbocycles. The van der Waals surface area contributed by atoms with Gasteiger partial charge in [-0.15, -0.1) is 0 Å². The molecule has 0 saturated heterocycles. The number of carbonyl (C=O) groups is 2. The zero-order valence-electron chi connectivity index (χ0n) is 12.2. The number of esters is 1. The van der Waals surface area contributed by atoms with Crippen molar-refractivity contribution in [2.75, 3.05) is 18.5 Å². The van der Waals surface area contributed by atoms with Crippen molar-refractivity contribution in [3.8, 4) is 5.75 Å². The first kappa shape index (κ1) is 17.9. The molecule has 1 N–H and O–H groups in total. The minimum atomic E-state index is -1.09. The second kappa shape index (κ2) is 8.39. The van der Waals surface area contributed by atoms with E-state index in [1.54, 1.807) is 24.3 Å². The Morgan fingerprint density at radius 1 is 1.04 bits per heavy atom. The number of ether oxygens (including phenoxy) is 2. The van der Waals surface area contributed by atoms with Crippen LogP contribution in [0.25, 0.3) is 0 Å². The summed E-state index contributed by atoms with van der Waals surface area (Å²) in [5.41, 5.74) is 0.0559. The third-order valence-electron chi connectivity index (χ3n) is 2.72. The van der Waals surface area contributed by atoms with Crippen molar-refractivity contribution < 1.29 is 27.8 Å². The number of benzene rings is 2. The summed E-state index contributed by atoms with van der Waals surface area (Å²) < 4.78 is 36.5. The normalized spacial score (nSPS) is 10.1. The lowest BCUT2D eigenvalue weighted by atomic mass is 10.3.